The Bertz CT molecular complexity index is 1480. The summed E-state index contributed by atoms with van der Waals surface area (Å²) in [6.45, 7) is 5.77. The van der Waals surface area contributed by atoms with Crippen LogP contribution in [0.15, 0.2) is 60.7 Å². The maximum absolute atomic E-state index is 14.0. The highest BCUT2D eigenvalue weighted by Crippen LogP contribution is 2.17. The standard InChI is InChI=1S/C36H46F2N4O5/c1-4-9-42(10-5-2)36(46)20-27-12-25(18-34(39)44)11-26(13-27)19-35(45)41-32(17-28-14-29(37)21-30(38)15-28)33(43)23-40-22-24-7-6-8-31(16-24)47-3/h6-8,11-16,21,32-33,40,43H,4-5,9-10,17-20,22-23H2,1-3H3,(H2,39,44)(H,41,45)/t32-,33+/m0/s1. The first-order valence-electron chi connectivity index (χ1n) is 15.9. The van der Waals surface area contributed by atoms with Crippen LogP contribution in [0.3, 0.4) is 0 Å². The maximum atomic E-state index is 14.0. The van der Waals surface area contributed by atoms with Gasteiger partial charge in [0.1, 0.15) is 17.4 Å². The van der Waals surface area contributed by atoms with Gasteiger partial charge in [0.2, 0.25) is 17.7 Å². The van der Waals surface area contributed by atoms with Gasteiger partial charge in [-0.2, -0.15) is 0 Å². The van der Waals surface area contributed by atoms with Gasteiger partial charge in [-0.3, -0.25) is 14.4 Å². The fourth-order valence-electron chi connectivity index (χ4n) is 5.53. The van der Waals surface area contributed by atoms with Crippen molar-refractivity contribution in [3.8, 4) is 5.75 Å². The third-order valence-electron chi connectivity index (χ3n) is 7.56. The number of carbonyl (C=O) groups excluding carboxylic acids is 3. The smallest absolute Gasteiger partial charge is 0.226 e. The molecule has 0 aliphatic rings. The molecule has 5 N–H and O–H groups in total. The highest BCUT2D eigenvalue weighted by molar-refractivity contribution is 5.81. The molecule has 0 heterocycles. The monoisotopic (exact) mass is 652 g/mol. The van der Waals surface area contributed by atoms with Gasteiger partial charge in [0.15, 0.2) is 0 Å². The highest BCUT2D eigenvalue weighted by atomic mass is 19.1. The minimum absolute atomic E-state index is 0.0331. The van der Waals surface area contributed by atoms with Crippen LogP contribution in [0.5, 0.6) is 5.75 Å². The molecule has 0 saturated carbocycles. The zero-order chi connectivity index (χ0) is 34.3. The molecule has 0 radical (unpaired) electrons. The van der Waals surface area contributed by atoms with E-state index in [4.69, 9.17) is 10.5 Å². The maximum Gasteiger partial charge on any atom is 0.226 e. The van der Waals surface area contributed by atoms with Gasteiger partial charge in [0, 0.05) is 32.2 Å². The number of nitrogens with two attached hydrogens (primary N) is 1. The number of methoxy groups -OCH3 is 1. The Morgan fingerprint density at radius 2 is 1.47 bits per heavy atom. The lowest BCUT2D eigenvalue weighted by molar-refractivity contribution is -0.130. The molecule has 11 heteroatoms. The summed E-state index contributed by atoms with van der Waals surface area (Å²) in [5.41, 5.74) is 8.44. The molecular weight excluding hydrogens is 606 g/mol. The third-order valence-corrected chi connectivity index (χ3v) is 7.56. The predicted molar refractivity (Wildman–Crippen MR) is 177 cm³/mol. The van der Waals surface area contributed by atoms with Crippen molar-refractivity contribution in [1.82, 2.24) is 15.5 Å². The first-order valence-corrected chi connectivity index (χ1v) is 15.9. The molecule has 0 unspecified atom stereocenters. The van der Waals surface area contributed by atoms with Crippen molar-refractivity contribution in [3.05, 3.63) is 100 Å². The summed E-state index contributed by atoms with van der Waals surface area (Å²) in [4.78, 5) is 40.0. The Morgan fingerprint density at radius 1 is 0.851 bits per heavy atom. The summed E-state index contributed by atoms with van der Waals surface area (Å²) in [6.07, 6.45) is 0.416. The van der Waals surface area contributed by atoms with Gasteiger partial charge in [0.25, 0.3) is 0 Å². The number of nitrogens with zero attached hydrogens (tertiary/aromatic N) is 1. The number of hydrogen-bond donors (Lipinski definition) is 4. The van der Waals surface area contributed by atoms with Crippen LogP contribution in [0.25, 0.3) is 0 Å². The quantitative estimate of drug-likeness (QED) is 0.156. The number of aliphatic hydroxyl groups excluding tert-OH is 1. The molecule has 2 atom stereocenters. The fraction of sp³-hybridized carbons (Fsp3) is 0.417. The van der Waals surface area contributed by atoms with Crippen molar-refractivity contribution < 1.29 is 33.0 Å². The predicted octanol–water partition coefficient (Wildman–Crippen LogP) is 3.61. The number of halogens is 2. The molecule has 3 aromatic carbocycles. The first-order chi connectivity index (χ1) is 22.5. The van der Waals surface area contributed by atoms with E-state index in [1.54, 1.807) is 30.2 Å². The van der Waals surface area contributed by atoms with E-state index in [9.17, 15) is 28.3 Å². The van der Waals surface area contributed by atoms with Crippen molar-refractivity contribution in [1.29, 1.82) is 0 Å². The summed E-state index contributed by atoms with van der Waals surface area (Å²) in [7, 11) is 1.57. The van der Waals surface area contributed by atoms with Gasteiger partial charge in [-0.25, -0.2) is 8.78 Å². The molecule has 0 aliphatic carbocycles. The molecule has 9 nitrogen and oxygen atoms in total. The number of ether oxygens (including phenoxy) is 1. The minimum Gasteiger partial charge on any atom is -0.497 e. The second-order valence-corrected chi connectivity index (χ2v) is 11.7. The molecule has 0 aliphatic heterocycles. The lowest BCUT2D eigenvalue weighted by Crippen LogP contribution is -2.49. The van der Waals surface area contributed by atoms with Crippen LogP contribution in [-0.2, 0) is 46.6 Å². The van der Waals surface area contributed by atoms with Crippen LogP contribution >= 0.6 is 0 Å². The minimum atomic E-state index is -1.12. The van der Waals surface area contributed by atoms with Crippen LogP contribution in [0.4, 0.5) is 8.78 Å². The zero-order valence-electron chi connectivity index (χ0n) is 27.4. The van der Waals surface area contributed by atoms with E-state index in [0.717, 1.165) is 36.6 Å². The molecule has 47 heavy (non-hydrogen) atoms. The molecule has 3 aromatic rings. The van der Waals surface area contributed by atoms with Crippen molar-refractivity contribution in [2.75, 3.05) is 26.7 Å². The van der Waals surface area contributed by atoms with Gasteiger partial charge in [-0.1, -0.05) is 44.2 Å². The van der Waals surface area contributed by atoms with Crippen molar-refractivity contribution in [3.63, 3.8) is 0 Å². The average molecular weight is 653 g/mol. The van der Waals surface area contributed by atoms with E-state index in [1.807, 2.05) is 38.1 Å². The Morgan fingerprint density at radius 3 is 2.06 bits per heavy atom. The highest BCUT2D eigenvalue weighted by Gasteiger charge is 2.23. The molecule has 0 spiro atoms. The number of nitrogens with one attached hydrogen (secondary N) is 2. The van der Waals surface area contributed by atoms with Gasteiger partial charge in [-0.05, 0) is 71.3 Å². The molecule has 0 bridgehead atoms. The summed E-state index contributed by atoms with van der Waals surface area (Å²) >= 11 is 0. The van der Waals surface area contributed by atoms with Crippen LogP contribution < -0.4 is 21.1 Å². The van der Waals surface area contributed by atoms with Gasteiger partial charge < -0.3 is 31.1 Å². The van der Waals surface area contributed by atoms with Gasteiger partial charge in [-0.15, -0.1) is 0 Å². The SMILES string of the molecule is CCCN(CCC)C(=O)Cc1cc(CC(N)=O)cc(CC(=O)N[C@@H](Cc2cc(F)cc(F)c2)[C@H](O)CNCc2cccc(OC)c2)c1. The van der Waals surface area contributed by atoms with E-state index >= 15 is 0 Å². The summed E-state index contributed by atoms with van der Waals surface area (Å²) < 4.78 is 33.3. The van der Waals surface area contributed by atoms with Crippen LogP contribution in [0.1, 0.15) is 54.5 Å². The van der Waals surface area contributed by atoms with Crippen LogP contribution in [0.2, 0.25) is 0 Å². The van der Waals surface area contributed by atoms with Crippen LogP contribution in [-0.4, -0.2) is 66.6 Å². The molecule has 0 saturated heterocycles. The molecule has 0 aromatic heterocycles. The van der Waals surface area contributed by atoms with E-state index < -0.39 is 35.6 Å². The Balaban J connectivity index is 1.78. The molecule has 3 amide bonds. The molecular formula is C36H46F2N4O5. The van der Waals surface area contributed by atoms with E-state index in [1.165, 1.54) is 0 Å². The first kappa shape index (κ1) is 37.1. The van der Waals surface area contributed by atoms with Crippen molar-refractivity contribution >= 4 is 17.7 Å². The number of aliphatic hydroxyl groups is 1. The second kappa shape index (κ2) is 18.7. The van der Waals surface area contributed by atoms with E-state index in [2.05, 4.69) is 10.6 Å². The second-order valence-electron chi connectivity index (χ2n) is 11.7. The Labute approximate surface area is 275 Å². The average Bonchev–Trinajstić information content (AvgIpc) is 2.99. The summed E-state index contributed by atoms with van der Waals surface area (Å²) in [5, 5.41) is 17.1. The number of benzene rings is 3. The van der Waals surface area contributed by atoms with Gasteiger partial charge >= 0.3 is 0 Å². The van der Waals surface area contributed by atoms with Crippen LogP contribution in [0, 0.1) is 11.6 Å². The number of hydrogen-bond acceptors (Lipinski definition) is 6. The van der Waals surface area contributed by atoms with Gasteiger partial charge in [0.05, 0.1) is 38.5 Å². The van der Waals surface area contributed by atoms with E-state index in [-0.39, 0.29) is 43.7 Å². The molecule has 254 valence electrons. The lowest BCUT2D eigenvalue weighted by atomic mass is 9.97. The number of primary amides is 1. The zero-order valence-corrected chi connectivity index (χ0v) is 27.4. The topological polar surface area (TPSA) is 134 Å². The van der Waals surface area contributed by atoms with E-state index in [0.29, 0.717) is 42.1 Å². The summed E-state index contributed by atoms with van der Waals surface area (Å²) in [5.74, 6) is -1.89. The number of rotatable bonds is 19. The van der Waals surface area contributed by atoms with Crippen molar-refractivity contribution in [2.24, 2.45) is 5.73 Å². The summed E-state index contributed by atoms with van der Waals surface area (Å²) in [6, 6.07) is 14.8. The number of carbonyl (C=O) groups is 3. The number of amides is 3. The third kappa shape index (κ3) is 12.8. The Hall–Kier alpha value is -4.35. The fourth-order valence-corrected chi connectivity index (χ4v) is 5.53. The molecule has 0 fully saturated rings. The molecule has 3 rings (SSSR count). The lowest BCUT2D eigenvalue weighted by Gasteiger charge is -2.25. The normalized spacial score (nSPS) is 12.3. The van der Waals surface area contributed by atoms with Crippen molar-refractivity contribution in [2.45, 2.75) is 71.1 Å². The largest absolute Gasteiger partial charge is 0.497 e. The Kier molecular flexibility index (Phi) is 14.8.